The van der Waals surface area contributed by atoms with Gasteiger partial charge in [0.05, 0.1) is 12.0 Å². The molecule has 96 valence electrons. The molecule has 1 aliphatic heterocycles. The molecule has 1 aromatic rings. The summed E-state index contributed by atoms with van der Waals surface area (Å²) in [6.07, 6.45) is 0.307. The molecule has 0 radical (unpaired) electrons. The SMILES string of the molecule is CC(C)(O)CNC(=O)c1ccc2c(c1)CC(=O)N2. The van der Waals surface area contributed by atoms with Gasteiger partial charge < -0.3 is 15.7 Å². The molecule has 0 saturated heterocycles. The van der Waals surface area contributed by atoms with Gasteiger partial charge in [0, 0.05) is 17.8 Å². The third-order valence-electron chi connectivity index (χ3n) is 2.67. The lowest BCUT2D eigenvalue weighted by atomic mass is 10.1. The molecule has 0 fully saturated rings. The summed E-state index contributed by atoms with van der Waals surface area (Å²) in [5, 5.41) is 14.9. The molecule has 2 amide bonds. The van der Waals surface area contributed by atoms with Crippen molar-refractivity contribution in [1.29, 1.82) is 0 Å². The first-order valence-electron chi connectivity index (χ1n) is 5.78. The largest absolute Gasteiger partial charge is 0.389 e. The molecule has 0 bridgehead atoms. The van der Waals surface area contributed by atoms with Crippen LogP contribution in [0.4, 0.5) is 5.69 Å². The van der Waals surface area contributed by atoms with Crippen molar-refractivity contribution in [2.75, 3.05) is 11.9 Å². The quantitative estimate of drug-likeness (QED) is 0.736. The van der Waals surface area contributed by atoms with Crippen molar-refractivity contribution in [2.45, 2.75) is 25.9 Å². The van der Waals surface area contributed by atoms with Gasteiger partial charge in [-0.05, 0) is 37.6 Å². The number of carbonyl (C=O) groups excluding carboxylic acids is 2. The predicted molar refractivity (Wildman–Crippen MR) is 67.4 cm³/mol. The summed E-state index contributed by atoms with van der Waals surface area (Å²) in [5.74, 6) is -0.307. The summed E-state index contributed by atoms with van der Waals surface area (Å²) in [5.41, 5.74) is 1.15. The van der Waals surface area contributed by atoms with Crippen molar-refractivity contribution in [3.8, 4) is 0 Å². The molecule has 5 heteroatoms. The normalized spacial score (nSPS) is 14.1. The molecule has 5 nitrogen and oxygen atoms in total. The fraction of sp³-hybridized carbons (Fsp3) is 0.385. The summed E-state index contributed by atoms with van der Waals surface area (Å²) in [6, 6.07) is 5.08. The van der Waals surface area contributed by atoms with Crippen LogP contribution >= 0.6 is 0 Å². The molecule has 2 rings (SSSR count). The van der Waals surface area contributed by atoms with Crippen LogP contribution in [0.5, 0.6) is 0 Å². The van der Waals surface area contributed by atoms with Gasteiger partial charge in [0.2, 0.25) is 5.91 Å². The van der Waals surface area contributed by atoms with Crippen LogP contribution < -0.4 is 10.6 Å². The van der Waals surface area contributed by atoms with E-state index in [0.717, 1.165) is 11.3 Å². The van der Waals surface area contributed by atoms with Gasteiger partial charge in [-0.3, -0.25) is 9.59 Å². The van der Waals surface area contributed by atoms with Crippen molar-refractivity contribution in [3.63, 3.8) is 0 Å². The summed E-state index contributed by atoms with van der Waals surface area (Å²) in [4.78, 5) is 23.0. The van der Waals surface area contributed by atoms with Crippen LogP contribution in [0, 0.1) is 0 Å². The van der Waals surface area contributed by atoms with Gasteiger partial charge in [-0.2, -0.15) is 0 Å². The zero-order valence-electron chi connectivity index (χ0n) is 10.4. The van der Waals surface area contributed by atoms with Crippen molar-refractivity contribution < 1.29 is 14.7 Å². The molecule has 0 spiro atoms. The number of benzene rings is 1. The Hall–Kier alpha value is -1.88. The van der Waals surface area contributed by atoms with Crippen LogP contribution in [0.15, 0.2) is 18.2 Å². The third kappa shape index (κ3) is 2.87. The van der Waals surface area contributed by atoms with Crippen LogP contribution in [-0.2, 0) is 11.2 Å². The Morgan fingerprint density at radius 3 is 2.89 bits per heavy atom. The summed E-state index contributed by atoms with van der Waals surface area (Å²) in [7, 11) is 0. The van der Waals surface area contributed by atoms with Crippen molar-refractivity contribution in [2.24, 2.45) is 0 Å². The maximum absolute atomic E-state index is 11.8. The smallest absolute Gasteiger partial charge is 0.251 e. The number of fused-ring (bicyclic) bond motifs is 1. The Labute approximate surface area is 105 Å². The number of nitrogens with one attached hydrogen (secondary N) is 2. The Morgan fingerprint density at radius 2 is 2.22 bits per heavy atom. The van der Waals surface area contributed by atoms with E-state index >= 15 is 0 Å². The van der Waals surface area contributed by atoms with E-state index in [1.165, 1.54) is 0 Å². The van der Waals surface area contributed by atoms with E-state index in [4.69, 9.17) is 0 Å². The first-order chi connectivity index (χ1) is 8.35. The van der Waals surface area contributed by atoms with Crippen LogP contribution in [-0.4, -0.2) is 29.1 Å². The summed E-state index contributed by atoms with van der Waals surface area (Å²) in [6.45, 7) is 3.43. The molecule has 1 aromatic carbocycles. The van der Waals surface area contributed by atoms with Crippen molar-refractivity contribution in [3.05, 3.63) is 29.3 Å². The number of aliphatic hydroxyl groups is 1. The number of hydrogen-bond donors (Lipinski definition) is 3. The minimum Gasteiger partial charge on any atom is -0.389 e. The van der Waals surface area contributed by atoms with Crippen molar-refractivity contribution in [1.82, 2.24) is 5.32 Å². The molecule has 3 N–H and O–H groups in total. The lowest BCUT2D eigenvalue weighted by Gasteiger charge is -2.17. The first-order valence-corrected chi connectivity index (χ1v) is 5.78. The zero-order chi connectivity index (χ0) is 13.3. The Kier molecular flexibility index (Phi) is 3.09. The van der Waals surface area contributed by atoms with Crippen LogP contribution in [0.2, 0.25) is 0 Å². The molecule has 18 heavy (non-hydrogen) atoms. The monoisotopic (exact) mass is 248 g/mol. The third-order valence-corrected chi connectivity index (χ3v) is 2.67. The number of rotatable bonds is 3. The van der Waals surface area contributed by atoms with Gasteiger partial charge in [-0.1, -0.05) is 0 Å². The highest BCUT2D eigenvalue weighted by Crippen LogP contribution is 2.23. The number of hydrogen-bond acceptors (Lipinski definition) is 3. The highest BCUT2D eigenvalue weighted by atomic mass is 16.3. The van der Waals surface area contributed by atoms with Gasteiger partial charge in [0.25, 0.3) is 5.91 Å². The van der Waals surface area contributed by atoms with E-state index in [1.54, 1.807) is 32.0 Å². The van der Waals surface area contributed by atoms with E-state index in [-0.39, 0.29) is 18.4 Å². The fourth-order valence-corrected chi connectivity index (χ4v) is 1.77. The Balaban J connectivity index is 2.08. The fourth-order valence-electron chi connectivity index (χ4n) is 1.77. The molecular weight excluding hydrogens is 232 g/mol. The highest BCUT2D eigenvalue weighted by Gasteiger charge is 2.20. The van der Waals surface area contributed by atoms with Gasteiger partial charge in [-0.15, -0.1) is 0 Å². The van der Waals surface area contributed by atoms with E-state index in [0.29, 0.717) is 12.0 Å². The van der Waals surface area contributed by atoms with E-state index < -0.39 is 5.60 Å². The molecule has 0 aromatic heterocycles. The van der Waals surface area contributed by atoms with E-state index in [2.05, 4.69) is 10.6 Å². The minimum atomic E-state index is -0.941. The van der Waals surface area contributed by atoms with Gasteiger partial charge in [-0.25, -0.2) is 0 Å². The van der Waals surface area contributed by atoms with E-state index in [9.17, 15) is 14.7 Å². The second-order valence-electron chi connectivity index (χ2n) is 5.09. The summed E-state index contributed by atoms with van der Waals surface area (Å²) < 4.78 is 0. The average molecular weight is 248 g/mol. The zero-order valence-corrected chi connectivity index (χ0v) is 10.4. The lowest BCUT2D eigenvalue weighted by Crippen LogP contribution is -2.38. The van der Waals surface area contributed by atoms with Gasteiger partial charge in [0.15, 0.2) is 0 Å². The van der Waals surface area contributed by atoms with Crippen LogP contribution in [0.3, 0.4) is 0 Å². The topological polar surface area (TPSA) is 78.4 Å². The molecule has 0 saturated carbocycles. The number of carbonyl (C=O) groups is 2. The van der Waals surface area contributed by atoms with Crippen LogP contribution in [0.1, 0.15) is 29.8 Å². The maximum Gasteiger partial charge on any atom is 0.251 e. The molecule has 0 unspecified atom stereocenters. The van der Waals surface area contributed by atoms with Crippen LogP contribution in [0.25, 0.3) is 0 Å². The average Bonchev–Trinajstić information content (AvgIpc) is 2.63. The Bertz CT molecular complexity index is 503. The predicted octanol–water partition coefficient (Wildman–Crippen LogP) is 0.682. The van der Waals surface area contributed by atoms with Gasteiger partial charge >= 0.3 is 0 Å². The minimum absolute atomic E-state index is 0.0564. The molecule has 1 heterocycles. The number of anilines is 1. The Morgan fingerprint density at radius 1 is 1.50 bits per heavy atom. The van der Waals surface area contributed by atoms with Crippen molar-refractivity contribution >= 4 is 17.5 Å². The first kappa shape index (κ1) is 12.6. The second-order valence-corrected chi connectivity index (χ2v) is 5.09. The standard InChI is InChI=1S/C13H16N2O3/c1-13(2,18)7-14-12(17)8-3-4-10-9(5-8)6-11(16)15-10/h3-5,18H,6-7H2,1-2H3,(H,14,17)(H,15,16). The van der Waals surface area contributed by atoms with Gasteiger partial charge in [0.1, 0.15) is 0 Å². The second kappa shape index (κ2) is 4.42. The molecular formula is C13H16N2O3. The molecule has 0 atom stereocenters. The lowest BCUT2D eigenvalue weighted by molar-refractivity contribution is -0.115. The summed E-state index contributed by atoms with van der Waals surface area (Å²) >= 11 is 0. The highest BCUT2D eigenvalue weighted by molar-refractivity contribution is 6.01. The van der Waals surface area contributed by atoms with E-state index in [1.807, 2.05) is 0 Å². The molecule has 1 aliphatic rings. The molecule has 0 aliphatic carbocycles. The maximum atomic E-state index is 11.8. The number of amides is 2.